The molecule has 0 saturated carbocycles. The monoisotopic (exact) mass is 365 g/mol. The molecular formula is C20H16ClN3O2. The number of fused-ring (bicyclic) bond motifs is 3. The van der Waals surface area contributed by atoms with Gasteiger partial charge in [-0.2, -0.15) is 0 Å². The van der Waals surface area contributed by atoms with Gasteiger partial charge < -0.3 is 4.74 Å². The third kappa shape index (κ3) is 2.80. The van der Waals surface area contributed by atoms with Crippen LogP contribution in [0, 0.1) is 6.92 Å². The summed E-state index contributed by atoms with van der Waals surface area (Å²) >= 11 is 6.05. The number of hydrogen-bond acceptors (Lipinski definition) is 4. The molecule has 130 valence electrons. The van der Waals surface area contributed by atoms with Crippen molar-refractivity contribution in [1.29, 1.82) is 0 Å². The van der Waals surface area contributed by atoms with E-state index in [1.165, 1.54) is 6.92 Å². The predicted molar refractivity (Wildman–Crippen MR) is 99.1 cm³/mol. The lowest BCUT2D eigenvalue weighted by atomic mass is 9.96. The molecule has 26 heavy (non-hydrogen) atoms. The SMILES string of the molecule is CC(=O)OC1C=C(c2ccc(Cl)cc2)c2ccccc2-n2c(C)nnc21. The van der Waals surface area contributed by atoms with Crippen molar-refractivity contribution in [2.45, 2.75) is 20.0 Å². The number of hydrogen-bond donors (Lipinski definition) is 0. The Hall–Kier alpha value is -2.92. The van der Waals surface area contributed by atoms with Crippen LogP contribution in [0.4, 0.5) is 0 Å². The molecule has 3 aromatic rings. The molecule has 0 bridgehead atoms. The van der Waals surface area contributed by atoms with Crippen LogP contribution in [0.2, 0.25) is 5.02 Å². The number of benzene rings is 2. The molecule has 1 aliphatic rings. The van der Waals surface area contributed by atoms with Gasteiger partial charge in [-0.1, -0.05) is 41.9 Å². The smallest absolute Gasteiger partial charge is 0.303 e. The van der Waals surface area contributed by atoms with Crippen molar-refractivity contribution in [1.82, 2.24) is 14.8 Å². The molecule has 1 atom stereocenters. The van der Waals surface area contributed by atoms with Crippen LogP contribution < -0.4 is 0 Å². The normalized spacial score (nSPS) is 15.5. The molecular weight excluding hydrogens is 350 g/mol. The van der Waals surface area contributed by atoms with Crippen LogP contribution in [0.5, 0.6) is 0 Å². The third-order valence-electron chi connectivity index (χ3n) is 4.31. The molecule has 5 nitrogen and oxygen atoms in total. The first-order chi connectivity index (χ1) is 12.5. The zero-order valence-corrected chi connectivity index (χ0v) is 15.1. The fourth-order valence-electron chi connectivity index (χ4n) is 3.22. The van der Waals surface area contributed by atoms with E-state index in [-0.39, 0.29) is 5.97 Å². The lowest BCUT2D eigenvalue weighted by Gasteiger charge is -2.13. The molecule has 2 aromatic carbocycles. The summed E-state index contributed by atoms with van der Waals surface area (Å²) in [5.74, 6) is 0.935. The fourth-order valence-corrected chi connectivity index (χ4v) is 3.35. The van der Waals surface area contributed by atoms with Crippen LogP contribution in [0.1, 0.15) is 35.8 Å². The van der Waals surface area contributed by atoms with Gasteiger partial charge in [-0.15, -0.1) is 10.2 Å². The molecule has 1 aliphatic heterocycles. The highest BCUT2D eigenvalue weighted by atomic mass is 35.5. The second-order valence-corrected chi connectivity index (χ2v) is 6.51. The summed E-state index contributed by atoms with van der Waals surface area (Å²) in [4.78, 5) is 11.7. The number of nitrogens with zero attached hydrogens (tertiary/aromatic N) is 3. The van der Waals surface area contributed by atoms with Crippen molar-refractivity contribution in [3.05, 3.63) is 82.4 Å². The standard InChI is InChI=1S/C20H16ClN3O2/c1-12-22-23-20-19(26-13(2)25)11-17(14-7-9-15(21)10-8-14)16-5-3-4-6-18(16)24(12)20/h3-11,19H,1-2H3. The lowest BCUT2D eigenvalue weighted by molar-refractivity contribution is -0.144. The van der Waals surface area contributed by atoms with Crippen molar-refractivity contribution in [3.63, 3.8) is 0 Å². The quantitative estimate of drug-likeness (QED) is 0.636. The Labute approximate surface area is 155 Å². The van der Waals surface area contributed by atoms with E-state index in [1.54, 1.807) is 0 Å². The number of carbonyl (C=O) groups is 1. The number of aromatic nitrogens is 3. The van der Waals surface area contributed by atoms with Crippen molar-refractivity contribution in [3.8, 4) is 5.69 Å². The van der Waals surface area contributed by atoms with E-state index in [2.05, 4.69) is 10.2 Å². The van der Waals surface area contributed by atoms with Crippen LogP contribution in [0.3, 0.4) is 0 Å². The molecule has 0 N–H and O–H groups in total. The van der Waals surface area contributed by atoms with E-state index in [0.29, 0.717) is 10.8 Å². The number of ether oxygens (including phenoxy) is 1. The largest absolute Gasteiger partial charge is 0.450 e. The molecule has 0 amide bonds. The Bertz CT molecular complexity index is 1020. The Kier molecular flexibility index (Phi) is 4.09. The zero-order valence-electron chi connectivity index (χ0n) is 14.3. The maximum absolute atomic E-state index is 11.7. The second kappa shape index (κ2) is 6.42. The first-order valence-electron chi connectivity index (χ1n) is 8.21. The number of rotatable bonds is 2. The average Bonchev–Trinajstić information content (AvgIpc) is 2.94. The van der Waals surface area contributed by atoms with Crippen molar-refractivity contribution < 1.29 is 9.53 Å². The average molecular weight is 366 g/mol. The second-order valence-electron chi connectivity index (χ2n) is 6.08. The van der Waals surface area contributed by atoms with E-state index >= 15 is 0 Å². The highest BCUT2D eigenvalue weighted by Gasteiger charge is 2.28. The first-order valence-corrected chi connectivity index (χ1v) is 8.59. The highest BCUT2D eigenvalue weighted by Crippen LogP contribution is 2.37. The molecule has 2 heterocycles. The summed E-state index contributed by atoms with van der Waals surface area (Å²) in [6.45, 7) is 3.27. The molecule has 0 aliphatic carbocycles. The molecule has 0 saturated heterocycles. The minimum absolute atomic E-state index is 0.375. The highest BCUT2D eigenvalue weighted by molar-refractivity contribution is 6.30. The van der Waals surface area contributed by atoms with Gasteiger partial charge in [0.05, 0.1) is 5.69 Å². The van der Waals surface area contributed by atoms with Crippen LogP contribution in [-0.4, -0.2) is 20.7 Å². The zero-order chi connectivity index (χ0) is 18.3. The fraction of sp³-hybridized carbons (Fsp3) is 0.150. The molecule has 0 fully saturated rings. The summed E-state index contributed by atoms with van der Waals surface area (Å²) < 4.78 is 7.49. The maximum atomic E-state index is 11.7. The third-order valence-corrected chi connectivity index (χ3v) is 4.56. The number of carbonyl (C=O) groups excluding carboxylic acids is 1. The summed E-state index contributed by atoms with van der Waals surface area (Å²) in [5.41, 5.74) is 3.89. The van der Waals surface area contributed by atoms with Crippen molar-refractivity contribution >= 4 is 23.1 Å². The van der Waals surface area contributed by atoms with Crippen LogP contribution in [0.15, 0.2) is 54.6 Å². The minimum atomic E-state index is -0.633. The van der Waals surface area contributed by atoms with Crippen LogP contribution in [0.25, 0.3) is 11.3 Å². The molecule has 6 heteroatoms. The van der Waals surface area contributed by atoms with E-state index in [0.717, 1.165) is 28.2 Å². The van der Waals surface area contributed by atoms with Gasteiger partial charge in [0.1, 0.15) is 5.82 Å². The van der Waals surface area contributed by atoms with Gasteiger partial charge in [0, 0.05) is 17.5 Å². The number of halogens is 1. The van der Waals surface area contributed by atoms with E-state index in [9.17, 15) is 4.79 Å². The van der Waals surface area contributed by atoms with Crippen molar-refractivity contribution in [2.24, 2.45) is 0 Å². The van der Waals surface area contributed by atoms with E-state index < -0.39 is 6.10 Å². The summed E-state index contributed by atoms with van der Waals surface area (Å²) in [7, 11) is 0. The summed E-state index contributed by atoms with van der Waals surface area (Å²) in [5, 5.41) is 9.11. The number of aryl methyl sites for hydroxylation is 1. The minimum Gasteiger partial charge on any atom is -0.450 e. The Balaban J connectivity index is 1.99. The summed E-state index contributed by atoms with van der Waals surface area (Å²) in [6, 6.07) is 15.6. The number of para-hydroxylation sites is 1. The van der Waals surface area contributed by atoms with E-state index in [1.807, 2.05) is 66.1 Å². The molecule has 0 radical (unpaired) electrons. The van der Waals surface area contributed by atoms with Gasteiger partial charge in [-0.05, 0) is 42.3 Å². The Morgan fingerprint density at radius 3 is 2.58 bits per heavy atom. The van der Waals surface area contributed by atoms with Gasteiger partial charge in [-0.25, -0.2) is 0 Å². The van der Waals surface area contributed by atoms with Crippen LogP contribution >= 0.6 is 11.6 Å². The van der Waals surface area contributed by atoms with Gasteiger partial charge in [0.25, 0.3) is 0 Å². The lowest BCUT2D eigenvalue weighted by Crippen LogP contribution is -2.11. The topological polar surface area (TPSA) is 57.0 Å². The molecule has 0 spiro atoms. The van der Waals surface area contributed by atoms with Gasteiger partial charge in [0.2, 0.25) is 0 Å². The predicted octanol–water partition coefficient (Wildman–Crippen LogP) is 4.28. The molecule has 1 unspecified atom stereocenters. The van der Waals surface area contributed by atoms with Crippen LogP contribution in [-0.2, 0) is 9.53 Å². The summed E-state index contributed by atoms with van der Waals surface area (Å²) in [6.07, 6.45) is 1.28. The molecule has 4 rings (SSSR count). The van der Waals surface area contributed by atoms with Gasteiger partial charge in [0.15, 0.2) is 11.9 Å². The van der Waals surface area contributed by atoms with Gasteiger partial charge >= 0.3 is 5.97 Å². The molecule has 1 aromatic heterocycles. The Morgan fingerprint density at radius 1 is 1.12 bits per heavy atom. The number of esters is 1. The first kappa shape index (κ1) is 16.5. The van der Waals surface area contributed by atoms with E-state index in [4.69, 9.17) is 16.3 Å². The van der Waals surface area contributed by atoms with Gasteiger partial charge in [-0.3, -0.25) is 9.36 Å². The Morgan fingerprint density at radius 2 is 1.85 bits per heavy atom. The van der Waals surface area contributed by atoms with Crippen molar-refractivity contribution in [2.75, 3.05) is 0 Å². The maximum Gasteiger partial charge on any atom is 0.303 e.